The lowest BCUT2D eigenvalue weighted by Gasteiger charge is -2.11. The molecule has 0 aromatic heterocycles. The number of anilines is 1. The van der Waals surface area contributed by atoms with Crippen LogP contribution >= 0.6 is 27.5 Å². The first-order valence-electron chi connectivity index (χ1n) is 5.23. The van der Waals surface area contributed by atoms with Crippen LogP contribution in [-0.4, -0.2) is 8.42 Å². The zero-order valence-corrected chi connectivity index (χ0v) is 12.9. The summed E-state index contributed by atoms with van der Waals surface area (Å²) in [6, 6.07) is 7.18. The molecule has 0 aliphatic rings. The van der Waals surface area contributed by atoms with Crippen molar-refractivity contribution in [2.75, 3.05) is 4.72 Å². The molecule has 0 saturated carbocycles. The van der Waals surface area contributed by atoms with Gasteiger partial charge in [-0.05, 0) is 30.3 Å². The molecule has 0 spiro atoms. The van der Waals surface area contributed by atoms with Crippen molar-refractivity contribution in [2.24, 2.45) is 0 Å². The normalized spacial score (nSPS) is 11.4. The highest BCUT2D eigenvalue weighted by molar-refractivity contribution is 9.10. The molecule has 2 rings (SSSR count). The molecule has 2 aromatic carbocycles. The van der Waals surface area contributed by atoms with E-state index in [1.807, 2.05) is 0 Å². The fraction of sp³-hybridized carbons (Fsp3) is 0. The van der Waals surface area contributed by atoms with Gasteiger partial charge in [0, 0.05) is 4.47 Å². The van der Waals surface area contributed by atoms with E-state index < -0.39 is 26.6 Å². The van der Waals surface area contributed by atoms with E-state index in [0.717, 1.165) is 18.2 Å². The van der Waals surface area contributed by atoms with Gasteiger partial charge in [0.15, 0.2) is 4.90 Å². The fourth-order valence-corrected chi connectivity index (χ4v) is 3.50. The van der Waals surface area contributed by atoms with Gasteiger partial charge in [0.25, 0.3) is 10.0 Å². The molecule has 0 heterocycles. The highest BCUT2D eigenvalue weighted by Crippen LogP contribution is 2.29. The van der Waals surface area contributed by atoms with Gasteiger partial charge in [-0.1, -0.05) is 33.6 Å². The highest BCUT2D eigenvalue weighted by Gasteiger charge is 2.24. The van der Waals surface area contributed by atoms with Crippen molar-refractivity contribution in [3.05, 3.63) is 57.5 Å². The molecule has 0 unspecified atom stereocenters. The Morgan fingerprint density at radius 2 is 1.70 bits per heavy atom. The maximum Gasteiger partial charge on any atom is 0.267 e. The van der Waals surface area contributed by atoms with E-state index in [1.54, 1.807) is 6.07 Å². The molecule has 0 saturated heterocycles. The summed E-state index contributed by atoms with van der Waals surface area (Å²) in [6.07, 6.45) is 0. The van der Waals surface area contributed by atoms with Crippen molar-refractivity contribution in [2.45, 2.75) is 4.90 Å². The Balaban J connectivity index is 2.46. The van der Waals surface area contributed by atoms with Crippen molar-refractivity contribution in [3.8, 4) is 0 Å². The zero-order valence-electron chi connectivity index (χ0n) is 9.70. The summed E-state index contributed by atoms with van der Waals surface area (Å²) in [5.41, 5.74) is 0.0255. The standard InChI is InChI=1S/C12H7BrClF2NO2S/c13-7-4-5-11(8(14)6-7)17-20(18,19)12-9(15)2-1-3-10(12)16/h1-6,17H. The average Bonchev–Trinajstić information content (AvgIpc) is 2.32. The van der Waals surface area contributed by atoms with Gasteiger partial charge < -0.3 is 0 Å². The van der Waals surface area contributed by atoms with Crippen molar-refractivity contribution in [1.82, 2.24) is 0 Å². The van der Waals surface area contributed by atoms with Crippen LogP contribution in [0.25, 0.3) is 0 Å². The number of rotatable bonds is 3. The fourth-order valence-electron chi connectivity index (χ4n) is 1.51. The van der Waals surface area contributed by atoms with Crippen LogP contribution < -0.4 is 4.72 Å². The molecule has 0 aliphatic heterocycles. The Morgan fingerprint density at radius 1 is 1.10 bits per heavy atom. The summed E-state index contributed by atoms with van der Waals surface area (Å²) in [4.78, 5) is -1.04. The summed E-state index contributed by atoms with van der Waals surface area (Å²) in [7, 11) is -4.41. The van der Waals surface area contributed by atoms with Gasteiger partial charge in [-0.25, -0.2) is 17.2 Å². The van der Waals surface area contributed by atoms with Crippen molar-refractivity contribution < 1.29 is 17.2 Å². The summed E-state index contributed by atoms with van der Waals surface area (Å²) >= 11 is 9.02. The number of hydrogen-bond acceptors (Lipinski definition) is 2. The van der Waals surface area contributed by atoms with Crippen molar-refractivity contribution >= 4 is 43.2 Å². The van der Waals surface area contributed by atoms with Gasteiger partial charge in [-0.2, -0.15) is 0 Å². The molecule has 106 valence electrons. The molecule has 0 bridgehead atoms. The summed E-state index contributed by atoms with van der Waals surface area (Å²) in [6.45, 7) is 0. The van der Waals surface area contributed by atoms with Crippen LogP contribution in [0.3, 0.4) is 0 Å². The minimum absolute atomic E-state index is 0.0255. The Hall–Kier alpha value is -1.18. The molecule has 2 aromatic rings. The topological polar surface area (TPSA) is 46.2 Å². The quantitative estimate of drug-likeness (QED) is 0.865. The van der Waals surface area contributed by atoms with Crippen molar-refractivity contribution in [3.63, 3.8) is 0 Å². The second-order valence-corrected chi connectivity index (χ2v) is 6.72. The lowest BCUT2D eigenvalue weighted by atomic mass is 10.3. The Morgan fingerprint density at radius 3 is 2.25 bits per heavy atom. The Kier molecular flexibility index (Phi) is 4.31. The second-order valence-electron chi connectivity index (χ2n) is 3.78. The van der Waals surface area contributed by atoms with Gasteiger partial charge in [0.05, 0.1) is 10.7 Å². The first kappa shape index (κ1) is 15.2. The summed E-state index contributed by atoms with van der Waals surface area (Å²) in [5.74, 6) is -2.35. The predicted molar refractivity (Wildman–Crippen MR) is 76.3 cm³/mol. The SMILES string of the molecule is O=S(=O)(Nc1ccc(Br)cc1Cl)c1c(F)cccc1F. The van der Waals surface area contributed by atoms with Gasteiger partial charge in [-0.15, -0.1) is 0 Å². The van der Waals surface area contributed by atoms with E-state index in [2.05, 4.69) is 20.7 Å². The lowest BCUT2D eigenvalue weighted by Crippen LogP contribution is -2.16. The molecular formula is C12H7BrClF2NO2S. The van der Waals surface area contributed by atoms with Gasteiger partial charge in [0.2, 0.25) is 0 Å². The predicted octanol–water partition coefficient (Wildman–Crippen LogP) is 4.18. The monoisotopic (exact) mass is 381 g/mol. The lowest BCUT2D eigenvalue weighted by molar-refractivity contribution is 0.521. The van der Waals surface area contributed by atoms with Gasteiger partial charge in [0.1, 0.15) is 11.6 Å². The maximum absolute atomic E-state index is 13.5. The number of hydrogen-bond donors (Lipinski definition) is 1. The third-order valence-corrected chi connectivity index (χ3v) is 4.59. The number of nitrogens with one attached hydrogen (secondary N) is 1. The van der Waals surface area contributed by atoms with Crippen molar-refractivity contribution in [1.29, 1.82) is 0 Å². The van der Waals surface area contributed by atoms with Crippen LogP contribution in [0.1, 0.15) is 0 Å². The van der Waals surface area contributed by atoms with Crippen LogP contribution in [0.2, 0.25) is 5.02 Å². The molecule has 0 aliphatic carbocycles. The Bertz CT molecular complexity index is 748. The maximum atomic E-state index is 13.5. The average molecular weight is 383 g/mol. The third-order valence-electron chi connectivity index (χ3n) is 2.36. The minimum Gasteiger partial charge on any atom is -0.278 e. The zero-order chi connectivity index (χ0) is 14.9. The number of benzene rings is 2. The smallest absolute Gasteiger partial charge is 0.267 e. The van der Waals surface area contributed by atoms with Crippen LogP contribution in [0.15, 0.2) is 45.8 Å². The molecule has 1 N–H and O–H groups in total. The molecule has 0 atom stereocenters. The highest BCUT2D eigenvalue weighted by atomic mass is 79.9. The molecule has 20 heavy (non-hydrogen) atoms. The summed E-state index contributed by atoms with van der Waals surface area (Å²) < 4.78 is 53.8. The van der Waals surface area contributed by atoms with Gasteiger partial charge >= 0.3 is 0 Å². The molecule has 8 heteroatoms. The summed E-state index contributed by atoms with van der Waals surface area (Å²) in [5, 5.41) is 0.0969. The van der Waals surface area contributed by atoms with Crippen LogP contribution in [-0.2, 0) is 10.0 Å². The van der Waals surface area contributed by atoms with E-state index in [9.17, 15) is 17.2 Å². The molecule has 0 fully saturated rings. The minimum atomic E-state index is -4.41. The molecule has 3 nitrogen and oxygen atoms in total. The van der Waals surface area contributed by atoms with Crippen LogP contribution in [0.4, 0.5) is 14.5 Å². The third kappa shape index (κ3) is 3.11. The van der Waals surface area contributed by atoms with Gasteiger partial charge in [-0.3, -0.25) is 4.72 Å². The first-order valence-corrected chi connectivity index (χ1v) is 7.88. The van der Waals surface area contributed by atoms with E-state index in [0.29, 0.717) is 4.47 Å². The molecular weight excluding hydrogens is 376 g/mol. The van der Waals surface area contributed by atoms with Crippen LogP contribution in [0.5, 0.6) is 0 Å². The van der Waals surface area contributed by atoms with E-state index in [1.165, 1.54) is 12.1 Å². The largest absolute Gasteiger partial charge is 0.278 e. The number of halogens is 4. The van der Waals surface area contributed by atoms with E-state index in [-0.39, 0.29) is 10.7 Å². The van der Waals surface area contributed by atoms with E-state index >= 15 is 0 Å². The molecule has 0 amide bonds. The van der Waals surface area contributed by atoms with Crippen LogP contribution in [0, 0.1) is 11.6 Å². The second kappa shape index (κ2) is 5.67. The first-order chi connectivity index (χ1) is 9.31. The van der Waals surface area contributed by atoms with E-state index in [4.69, 9.17) is 11.6 Å². The Labute approximate surface area is 127 Å². The molecule has 0 radical (unpaired) electrons. The number of sulfonamides is 1.